The summed E-state index contributed by atoms with van der Waals surface area (Å²) in [6.07, 6.45) is 0.247. The van der Waals surface area contributed by atoms with E-state index in [4.69, 9.17) is 5.26 Å². The first-order valence-electron chi connectivity index (χ1n) is 5.66. The molecule has 1 aromatic heterocycles. The molecule has 1 N–H and O–H groups in total. The molecular formula is C14H11FN2OS. The lowest BCUT2D eigenvalue weighted by Gasteiger charge is -2.11. The molecular weight excluding hydrogens is 263 g/mol. The normalized spacial score (nSPS) is 11.6. The summed E-state index contributed by atoms with van der Waals surface area (Å²) in [5.74, 6) is -0.594. The van der Waals surface area contributed by atoms with Gasteiger partial charge in [0, 0.05) is 4.88 Å². The lowest BCUT2D eigenvalue weighted by molar-refractivity contribution is -0.120. The molecule has 96 valence electrons. The monoisotopic (exact) mass is 274 g/mol. The Balaban J connectivity index is 2.01. The number of thiophene rings is 1. The third-order valence-corrected chi connectivity index (χ3v) is 3.43. The van der Waals surface area contributed by atoms with Gasteiger partial charge >= 0.3 is 0 Å². The Kier molecular flexibility index (Phi) is 4.26. The smallest absolute Gasteiger partial charge is 0.226 e. The van der Waals surface area contributed by atoms with E-state index < -0.39 is 6.04 Å². The Morgan fingerprint density at radius 1 is 1.37 bits per heavy atom. The molecule has 1 aromatic carbocycles. The fourth-order valence-corrected chi connectivity index (χ4v) is 2.33. The summed E-state index contributed by atoms with van der Waals surface area (Å²) in [5, 5.41) is 13.6. The fourth-order valence-electron chi connectivity index (χ4n) is 1.63. The number of carbonyl (C=O) groups excluding carboxylic acids is 1. The number of hydrogen-bond acceptors (Lipinski definition) is 3. The Morgan fingerprint density at radius 3 is 2.68 bits per heavy atom. The topological polar surface area (TPSA) is 52.9 Å². The number of halogens is 1. The average Bonchev–Trinajstić information content (AvgIpc) is 2.90. The van der Waals surface area contributed by atoms with E-state index in [1.807, 2.05) is 23.6 Å². The quantitative estimate of drug-likeness (QED) is 0.932. The standard InChI is InChI=1S/C14H11FN2OS/c15-11-5-3-10(4-6-11)13(9-16)17-14(18)8-12-2-1-7-19-12/h1-7,13H,8H2,(H,17,18). The average molecular weight is 274 g/mol. The van der Waals surface area contributed by atoms with Gasteiger partial charge in [0.05, 0.1) is 12.5 Å². The lowest BCUT2D eigenvalue weighted by Crippen LogP contribution is -2.28. The largest absolute Gasteiger partial charge is 0.336 e. The van der Waals surface area contributed by atoms with Crippen LogP contribution in [0.15, 0.2) is 41.8 Å². The SMILES string of the molecule is N#CC(NC(=O)Cc1cccs1)c1ccc(F)cc1. The van der Waals surface area contributed by atoms with Crippen molar-refractivity contribution in [1.29, 1.82) is 5.26 Å². The highest BCUT2D eigenvalue weighted by Gasteiger charge is 2.14. The third-order valence-electron chi connectivity index (χ3n) is 2.55. The molecule has 0 fully saturated rings. The molecule has 2 aromatic rings. The van der Waals surface area contributed by atoms with Crippen LogP contribution >= 0.6 is 11.3 Å². The van der Waals surface area contributed by atoms with Crippen molar-refractivity contribution in [3.63, 3.8) is 0 Å². The van der Waals surface area contributed by atoms with Crippen molar-refractivity contribution >= 4 is 17.2 Å². The van der Waals surface area contributed by atoms with Crippen LogP contribution in [0, 0.1) is 17.1 Å². The predicted octanol–water partition coefficient (Wildman–Crippen LogP) is 2.81. The highest BCUT2D eigenvalue weighted by atomic mass is 32.1. The molecule has 0 saturated carbocycles. The van der Waals surface area contributed by atoms with Crippen molar-refractivity contribution in [2.24, 2.45) is 0 Å². The van der Waals surface area contributed by atoms with E-state index in [2.05, 4.69) is 5.32 Å². The van der Waals surface area contributed by atoms with Crippen LogP contribution in [0.4, 0.5) is 4.39 Å². The summed E-state index contributed by atoms with van der Waals surface area (Å²) in [5.41, 5.74) is 0.573. The summed E-state index contributed by atoms with van der Waals surface area (Å²) >= 11 is 1.49. The van der Waals surface area contributed by atoms with E-state index in [-0.39, 0.29) is 18.1 Å². The maximum Gasteiger partial charge on any atom is 0.226 e. The molecule has 1 unspecified atom stereocenters. The van der Waals surface area contributed by atoms with Crippen LogP contribution < -0.4 is 5.32 Å². The molecule has 5 heteroatoms. The second-order valence-electron chi connectivity index (χ2n) is 3.94. The first kappa shape index (κ1) is 13.2. The first-order valence-corrected chi connectivity index (χ1v) is 6.54. The Bertz CT molecular complexity index is 587. The molecule has 0 aliphatic carbocycles. The molecule has 1 atom stereocenters. The van der Waals surface area contributed by atoms with Crippen molar-refractivity contribution in [2.45, 2.75) is 12.5 Å². The zero-order chi connectivity index (χ0) is 13.7. The van der Waals surface area contributed by atoms with Gasteiger partial charge in [-0.05, 0) is 29.1 Å². The molecule has 1 amide bonds. The fraction of sp³-hybridized carbons (Fsp3) is 0.143. The summed E-state index contributed by atoms with van der Waals surface area (Å²) in [7, 11) is 0. The molecule has 19 heavy (non-hydrogen) atoms. The Hall–Kier alpha value is -2.19. The maximum absolute atomic E-state index is 12.8. The van der Waals surface area contributed by atoms with Crippen LogP contribution in [0.2, 0.25) is 0 Å². The van der Waals surface area contributed by atoms with Gasteiger partial charge in [-0.1, -0.05) is 18.2 Å². The van der Waals surface area contributed by atoms with Crippen molar-refractivity contribution in [3.05, 3.63) is 58.0 Å². The minimum atomic E-state index is -0.756. The van der Waals surface area contributed by atoms with E-state index in [0.29, 0.717) is 5.56 Å². The van der Waals surface area contributed by atoms with Crippen molar-refractivity contribution in [2.75, 3.05) is 0 Å². The van der Waals surface area contributed by atoms with Gasteiger partial charge in [0.15, 0.2) is 0 Å². The Labute approximate surface area is 114 Å². The molecule has 0 aliphatic rings. The van der Waals surface area contributed by atoms with E-state index >= 15 is 0 Å². The maximum atomic E-state index is 12.8. The minimum absolute atomic E-state index is 0.224. The van der Waals surface area contributed by atoms with Crippen LogP contribution in [-0.2, 0) is 11.2 Å². The molecule has 0 bridgehead atoms. The van der Waals surface area contributed by atoms with Gasteiger partial charge in [0.2, 0.25) is 5.91 Å². The molecule has 0 saturated heterocycles. The first-order chi connectivity index (χ1) is 9.19. The number of rotatable bonds is 4. The highest BCUT2D eigenvalue weighted by Crippen LogP contribution is 2.14. The summed E-state index contributed by atoms with van der Waals surface area (Å²) in [6.45, 7) is 0. The molecule has 0 aliphatic heterocycles. The van der Waals surface area contributed by atoms with Gasteiger partial charge in [0.1, 0.15) is 11.9 Å². The zero-order valence-electron chi connectivity index (χ0n) is 9.97. The van der Waals surface area contributed by atoms with E-state index in [1.165, 1.54) is 35.6 Å². The number of benzene rings is 1. The molecule has 1 heterocycles. The predicted molar refractivity (Wildman–Crippen MR) is 70.9 cm³/mol. The van der Waals surface area contributed by atoms with Gasteiger partial charge in [-0.2, -0.15) is 5.26 Å². The number of nitrogens with zero attached hydrogens (tertiary/aromatic N) is 1. The van der Waals surface area contributed by atoms with Gasteiger partial charge in [0.25, 0.3) is 0 Å². The van der Waals surface area contributed by atoms with E-state index in [9.17, 15) is 9.18 Å². The van der Waals surface area contributed by atoms with Crippen LogP contribution in [0.1, 0.15) is 16.5 Å². The lowest BCUT2D eigenvalue weighted by atomic mass is 10.1. The number of carbonyl (C=O) groups is 1. The second kappa shape index (κ2) is 6.12. The molecule has 3 nitrogen and oxygen atoms in total. The van der Waals surface area contributed by atoms with Crippen molar-refractivity contribution < 1.29 is 9.18 Å². The molecule has 0 spiro atoms. The van der Waals surface area contributed by atoms with Gasteiger partial charge in [-0.25, -0.2) is 4.39 Å². The highest BCUT2D eigenvalue weighted by molar-refractivity contribution is 7.10. The van der Waals surface area contributed by atoms with E-state index in [1.54, 1.807) is 0 Å². The number of nitriles is 1. The Morgan fingerprint density at radius 2 is 2.11 bits per heavy atom. The van der Waals surface area contributed by atoms with Crippen molar-refractivity contribution in [1.82, 2.24) is 5.32 Å². The minimum Gasteiger partial charge on any atom is -0.336 e. The number of hydrogen-bond donors (Lipinski definition) is 1. The number of nitrogens with one attached hydrogen (secondary N) is 1. The van der Waals surface area contributed by atoms with Crippen LogP contribution in [0.3, 0.4) is 0 Å². The zero-order valence-corrected chi connectivity index (χ0v) is 10.8. The summed E-state index contributed by atoms with van der Waals surface area (Å²) < 4.78 is 12.8. The van der Waals surface area contributed by atoms with Gasteiger partial charge < -0.3 is 5.32 Å². The van der Waals surface area contributed by atoms with Crippen LogP contribution in [-0.4, -0.2) is 5.91 Å². The van der Waals surface area contributed by atoms with Crippen LogP contribution in [0.5, 0.6) is 0 Å². The third kappa shape index (κ3) is 3.63. The molecule has 0 radical (unpaired) electrons. The van der Waals surface area contributed by atoms with Crippen molar-refractivity contribution in [3.8, 4) is 6.07 Å². The summed E-state index contributed by atoms with van der Waals surface area (Å²) in [6, 6.07) is 10.5. The summed E-state index contributed by atoms with van der Waals surface area (Å²) in [4.78, 5) is 12.7. The second-order valence-corrected chi connectivity index (χ2v) is 4.97. The van der Waals surface area contributed by atoms with Crippen LogP contribution in [0.25, 0.3) is 0 Å². The van der Waals surface area contributed by atoms with Gasteiger partial charge in [-0.15, -0.1) is 11.3 Å². The molecule has 2 rings (SSSR count). The van der Waals surface area contributed by atoms with Gasteiger partial charge in [-0.3, -0.25) is 4.79 Å². The number of amides is 1. The van der Waals surface area contributed by atoms with E-state index in [0.717, 1.165) is 4.88 Å².